The van der Waals surface area contributed by atoms with E-state index >= 15 is 0 Å². The summed E-state index contributed by atoms with van der Waals surface area (Å²) in [6, 6.07) is 5.46. The molecular weight excluding hydrogens is 318 g/mol. The van der Waals surface area contributed by atoms with Crippen LogP contribution in [0.2, 0.25) is 0 Å². The van der Waals surface area contributed by atoms with E-state index in [0.717, 1.165) is 25.7 Å². The Labute approximate surface area is 139 Å². The third-order valence-electron chi connectivity index (χ3n) is 4.94. The number of ether oxygens (including phenoxy) is 2. The molecule has 1 aromatic carbocycles. The van der Waals surface area contributed by atoms with Crippen molar-refractivity contribution in [2.45, 2.75) is 50.4 Å². The summed E-state index contributed by atoms with van der Waals surface area (Å²) >= 11 is 0. The highest BCUT2D eigenvalue weighted by atomic mass is 19.3. The summed E-state index contributed by atoms with van der Waals surface area (Å²) in [6.07, 6.45) is 4.22. The van der Waals surface area contributed by atoms with Gasteiger partial charge in [-0.2, -0.15) is 8.78 Å². The fraction of sp³-hybridized carbons (Fsp3) is 0.588. The Balaban J connectivity index is 1.74. The van der Waals surface area contributed by atoms with Gasteiger partial charge in [-0.3, -0.25) is 4.79 Å². The first-order chi connectivity index (χ1) is 11.5. The van der Waals surface area contributed by atoms with Gasteiger partial charge < -0.3 is 19.7 Å². The summed E-state index contributed by atoms with van der Waals surface area (Å²) in [6.45, 7) is -2.94. The third kappa shape index (κ3) is 3.45. The molecule has 2 unspecified atom stereocenters. The first-order valence-electron chi connectivity index (χ1n) is 8.14. The van der Waals surface area contributed by atoms with Crippen LogP contribution < -0.4 is 14.8 Å². The number of nitrogens with zero attached hydrogens (tertiary/aromatic N) is 1. The van der Waals surface area contributed by atoms with E-state index < -0.39 is 6.61 Å². The summed E-state index contributed by atoms with van der Waals surface area (Å²) in [5, 5.41) is 3.55. The number of carbonyl (C=O) groups excluding carboxylic acids is 1. The normalized spacial score (nSPS) is 25.6. The fourth-order valence-electron chi connectivity index (χ4n) is 3.71. The van der Waals surface area contributed by atoms with E-state index in [2.05, 4.69) is 10.1 Å². The predicted molar refractivity (Wildman–Crippen MR) is 84.7 cm³/mol. The number of hydrogen-bond donors (Lipinski definition) is 1. The van der Waals surface area contributed by atoms with E-state index in [1.54, 1.807) is 11.9 Å². The summed E-state index contributed by atoms with van der Waals surface area (Å²) in [4.78, 5) is 14.5. The number of benzene rings is 1. The van der Waals surface area contributed by atoms with Crippen LogP contribution in [0.3, 0.4) is 0 Å². The van der Waals surface area contributed by atoms with Crippen LogP contribution >= 0.6 is 0 Å². The maximum atomic E-state index is 12.7. The zero-order chi connectivity index (χ0) is 17.3. The van der Waals surface area contributed by atoms with Gasteiger partial charge >= 0.3 is 6.61 Å². The quantitative estimate of drug-likeness (QED) is 0.895. The second kappa shape index (κ2) is 6.93. The van der Waals surface area contributed by atoms with Gasteiger partial charge in [0.05, 0.1) is 7.11 Å². The second-order valence-corrected chi connectivity index (χ2v) is 6.42. The van der Waals surface area contributed by atoms with E-state index in [9.17, 15) is 13.6 Å². The van der Waals surface area contributed by atoms with Crippen LogP contribution in [-0.2, 0) is 0 Å². The van der Waals surface area contributed by atoms with Gasteiger partial charge in [0.1, 0.15) is 0 Å². The molecule has 1 aromatic rings. The Morgan fingerprint density at radius 2 is 1.92 bits per heavy atom. The number of halogens is 2. The highest BCUT2D eigenvalue weighted by Crippen LogP contribution is 2.32. The molecule has 2 bridgehead atoms. The van der Waals surface area contributed by atoms with Gasteiger partial charge in [-0.25, -0.2) is 0 Å². The van der Waals surface area contributed by atoms with Gasteiger partial charge in [0.2, 0.25) is 0 Å². The van der Waals surface area contributed by atoms with Crippen LogP contribution in [0.25, 0.3) is 0 Å². The molecule has 0 radical (unpaired) electrons. The minimum atomic E-state index is -2.94. The smallest absolute Gasteiger partial charge is 0.387 e. The Hall–Kier alpha value is -1.89. The average molecular weight is 340 g/mol. The summed E-state index contributed by atoms with van der Waals surface area (Å²) in [5.41, 5.74) is 0.404. The number of amides is 1. The molecule has 1 amide bonds. The maximum Gasteiger partial charge on any atom is 0.387 e. The Morgan fingerprint density at radius 3 is 2.50 bits per heavy atom. The van der Waals surface area contributed by atoms with E-state index in [4.69, 9.17) is 4.74 Å². The van der Waals surface area contributed by atoms with E-state index in [1.807, 2.05) is 0 Å². The lowest BCUT2D eigenvalue weighted by molar-refractivity contribution is -0.0512. The number of methoxy groups -OCH3 is 1. The number of nitrogens with one attached hydrogen (secondary N) is 1. The molecule has 0 saturated carbocycles. The van der Waals surface area contributed by atoms with Crippen LogP contribution in [-0.4, -0.2) is 49.7 Å². The van der Waals surface area contributed by atoms with Gasteiger partial charge in [-0.05, 0) is 43.9 Å². The molecule has 2 saturated heterocycles. The molecule has 5 nitrogen and oxygen atoms in total. The minimum absolute atomic E-state index is 0.0772. The molecule has 2 aliphatic rings. The number of fused-ring (bicyclic) bond motifs is 2. The molecule has 2 fully saturated rings. The van der Waals surface area contributed by atoms with Crippen molar-refractivity contribution in [1.29, 1.82) is 0 Å². The predicted octanol–water partition coefficient (Wildman–Crippen LogP) is 2.65. The Kier molecular flexibility index (Phi) is 4.89. The third-order valence-corrected chi connectivity index (χ3v) is 4.94. The van der Waals surface area contributed by atoms with Crippen molar-refractivity contribution in [3.8, 4) is 11.5 Å². The summed E-state index contributed by atoms with van der Waals surface area (Å²) in [5.74, 6) is -0.0882. The van der Waals surface area contributed by atoms with Crippen molar-refractivity contribution in [2.75, 3.05) is 14.2 Å². The molecule has 0 spiro atoms. The van der Waals surface area contributed by atoms with E-state index in [-0.39, 0.29) is 23.4 Å². The van der Waals surface area contributed by atoms with Crippen molar-refractivity contribution in [1.82, 2.24) is 10.2 Å². The fourth-order valence-corrected chi connectivity index (χ4v) is 3.71. The van der Waals surface area contributed by atoms with E-state index in [1.165, 1.54) is 25.3 Å². The average Bonchev–Trinajstić information content (AvgIpc) is 2.91. The van der Waals surface area contributed by atoms with Crippen molar-refractivity contribution in [3.05, 3.63) is 23.8 Å². The Bertz CT molecular complexity index is 599. The lowest BCUT2D eigenvalue weighted by Crippen LogP contribution is -2.48. The van der Waals surface area contributed by atoms with Crippen LogP contribution in [0.5, 0.6) is 11.5 Å². The lowest BCUT2D eigenvalue weighted by atomic mass is 9.98. The number of alkyl halides is 2. The molecule has 132 valence electrons. The highest BCUT2D eigenvalue weighted by Gasteiger charge is 2.36. The van der Waals surface area contributed by atoms with E-state index in [0.29, 0.717) is 17.6 Å². The first kappa shape index (κ1) is 17.0. The molecule has 1 N–H and O–H groups in total. The highest BCUT2D eigenvalue weighted by molar-refractivity contribution is 5.95. The van der Waals surface area contributed by atoms with Crippen LogP contribution in [0.1, 0.15) is 36.0 Å². The maximum absolute atomic E-state index is 12.7. The zero-order valence-electron chi connectivity index (χ0n) is 13.8. The molecule has 0 aromatic heterocycles. The van der Waals surface area contributed by atoms with Gasteiger partial charge in [0.25, 0.3) is 5.91 Å². The molecule has 2 heterocycles. The van der Waals surface area contributed by atoms with Crippen LogP contribution in [0.15, 0.2) is 18.2 Å². The molecule has 3 rings (SSSR count). The zero-order valence-corrected chi connectivity index (χ0v) is 13.8. The molecule has 0 aliphatic carbocycles. The first-order valence-corrected chi connectivity index (χ1v) is 8.14. The standard InChI is InChI=1S/C17H22F2N2O3/c1-21(13-8-11-4-5-12(9-13)20-11)16(22)10-3-6-14(24-17(18)19)15(7-10)23-2/h3,6-7,11-13,17,20H,4-5,8-9H2,1-2H3. The van der Waals surface area contributed by atoms with Gasteiger partial charge in [0.15, 0.2) is 11.5 Å². The van der Waals surface area contributed by atoms with Gasteiger partial charge in [0, 0.05) is 30.7 Å². The van der Waals surface area contributed by atoms with Crippen LogP contribution in [0.4, 0.5) is 8.78 Å². The van der Waals surface area contributed by atoms with Crippen molar-refractivity contribution >= 4 is 5.91 Å². The number of hydrogen-bond acceptors (Lipinski definition) is 4. The van der Waals surface area contributed by atoms with Gasteiger partial charge in [-0.1, -0.05) is 0 Å². The van der Waals surface area contributed by atoms with Crippen LogP contribution in [0, 0.1) is 0 Å². The lowest BCUT2D eigenvalue weighted by Gasteiger charge is -2.35. The van der Waals surface area contributed by atoms with Crippen molar-refractivity contribution in [2.24, 2.45) is 0 Å². The monoisotopic (exact) mass is 340 g/mol. The summed E-state index contributed by atoms with van der Waals surface area (Å²) < 4.78 is 34.2. The number of piperidine rings is 1. The molecule has 24 heavy (non-hydrogen) atoms. The summed E-state index contributed by atoms with van der Waals surface area (Å²) in [7, 11) is 3.16. The molecule has 7 heteroatoms. The topological polar surface area (TPSA) is 50.8 Å². The van der Waals surface area contributed by atoms with Gasteiger partial charge in [-0.15, -0.1) is 0 Å². The number of rotatable bonds is 5. The largest absolute Gasteiger partial charge is 0.493 e. The molecular formula is C17H22F2N2O3. The number of carbonyl (C=O) groups is 1. The second-order valence-electron chi connectivity index (χ2n) is 6.42. The minimum Gasteiger partial charge on any atom is -0.493 e. The molecule has 2 aliphatic heterocycles. The Morgan fingerprint density at radius 1 is 1.25 bits per heavy atom. The van der Waals surface area contributed by atoms with Crippen molar-refractivity contribution in [3.63, 3.8) is 0 Å². The molecule has 2 atom stereocenters. The SMILES string of the molecule is COc1cc(C(=O)N(C)C2CC3CCC(C2)N3)ccc1OC(F)F. The van der Waals surface area contributed by atoms with Crippen molar-refractivity contribution < 1.29 is 23.0 Å².